The average Bonchev–Trinajstić information content (AvgIpc) is 2.76. The van der Waals surface area contributed by atoms with Crippen LogP contribution in [0.5, 0.6) is 0 Å². The van der Waals surface area contributed by atoms with Gasteiger partial charge in [-0.15, -0.1) is 0 Å². The van der Waals surface area contributed by atoms with E-state index in [1.165, 1.54) is 10.9 Å². The second kappa shape index (κ2) is 5.84. The standard InChI is InChI=1S/C16H17ClN4/c1-11(18)7-12-9-21(10-16-19-5-2-6-20-16)15-8-13(17)3-4-14(12)15/h2-6,8-9,11H,7,10,18H2,1H3. The molecule has 0 amide bonds. The number of benzene rings is 1. The summed E-state index contributed by atoms with van der Waals surface area (Å²) in [5.41, 5.74) is 8.26. The van der Waals surface area contributed by atoms with E-state index < -0.39 is 0 Å². The van der Waals surface area contributed by atoms with Gasteiger partial charge in [-0.3, -0.25) is 0 Å². The smallest absolute Gasteiger partial charge is 0.147 e. The Hall–Kier alpha value is -1.91. The number of halogens is 1. The fourth-order valence-electron chi connectivity index (χ4n) is 2.55. The molecule has 0 saturated heterocycles. The van der Waals surface area contributed by atoms with E-state index in [9.17, 15) is 0 Å². The molecule has 3 rings (SSSR count). The molecule has 0 radical (unpaired) electrons. The predicted octanol–water partition coefficient (Wildman–Crippen LogP) is 3.02. The lowest BCUT2D eigenvalue weighted by Crippen LogP contribution is -2.17. The first-order valence-corrected chi connectivity index (χ1v) is 7.30. The van der Waals surface area contributed by atoms with Crippen LogP contribution in [0.1, 0.15) is 18.3 Å². The minimum atomic E-state index is 0.118. The van der Waals surface area contributed by atoms with Gasteiger partial charge in [0.05, 0.1) is 12.1 Å². The zero-order valence-corrected chi connectivity index (χ0v) is 12.6. The Balaban J connectivity index is 2.06. The largest absolute Gasteiger partial charge is 0.339 e. The maximum absolute atomic E-state index is 6.14. The molecule has 0 aliphatic rings. The van der Waals surface area contributed by atoms with E-state index in [1.54, 1.807) is 12.4 Å². The van der Waals surface area contributed by atoms with Gasteiger partial charge in [0.25, 0.3) is 0 Å². The van der Waals surface area contributed by atoms with E-state index in [4.69, 9.17) is 17.3 Å². The summed E-state index contributed by atoms with van der Waals surface area (Å²) in [5.74, 6) is 0.779. The zero-order chi connectivity index (χ0) is 14.8. The van der Waals surface area contributed by atoms with Crippen LogP contribution in [0.2, 0.25) is 5.02 Å². The van der Waals surface area contributed by atoms with Crippen LogP contribution in [-0.2, 0) is 13.0 Å². The first-order valence-electron chi connectivity index (χ1n) is 6.92. The highest BCUT2D eigenvalue weighted by molar-refractivity contribution is 6.31. The number of rotatable bonds is 4. The van der Waals surface area contributed by atoms with Crippen LogP contribution in [0.4, 0.5) is 0 Å². The SMILES string of the molecule is CC(N)Cc1cn(Cc2ncccn2)c2cc(Cl)ccc12. The molecule has 0 saturated carbocycles. The molecule has 21 heavy (non-hydrogen) atoms. The molecule has 0 aliphatic heterocycles. The van der Waals surface area contributed by atoms with Crippen molar-refractivity contribution in [3.8, 4) is 0 Å². The van der Waals surface area contributed by atoms with Crippen LogP contribution in [0, 0.1) is 0 Å². The summed E-state index contributed by atoms with van der Waals surface area (Å²) in [4.78, 5) is 8.57. The molecule has 2 aromatic heterocycles. The Labute approximate surface area is 128 Å². The third-order valence-corrected chi connectivity index (χ3v) is 3.63. The molecule has 2 N–H and O–H groups in total. The molecule has 108 valence electrons. The van der Waals surface area contributed by atoms with Gasteiger partial charge >= 0.3 is 0 Å². The summed E-state index contributed by atoms with van der Waals surface area (Å²) in [6.07, 6.45) is 6.47. The lowest BCUT2D eigenvalue weighted by atomic mass is 10.1. The van der Waals surface area contributed by atoms with E-state index in [2.05, 4.69) is 26.8 Å². The molecule has 5 heteroatoms. The van der Waals surface area contributed by atoms with Crippen LogP contribution in [0.15, 0.2) is 42.9 Å². The summed E-state index contributed by atoms with van der Waals surface area (Å²) in [7, 11) is 0. The third-order valence-electron chi connectivity index (χ3n) is 3.40. The van der Waals surface area contributed by atoms with Gasteiger partial charge < -0.3 is 10.3 Å². The first-order chi connectivity index (χ1) is 10.1. The number of nitrogens with two attached hydrogens (primary N) is 1. The highest BCUT2D eigenvalue weighted by atomic mass is 35.5. The highest BCUT2D eigenvalue weighted by Crippen LogP contribution is 2.26. The minimum Gasteiger partial charge on any atom is -0.339 e. The second-order valence-corrected chi connectivity index (χ2v) is 5.73. The van der Waals surface area contributed by atoms with Gasteiger partial charge in [0.2, 0.25) is 0 Å². The Morgan fingerprint density at radius 1 is 1.29 bits per heavy atom. The fraction of sp³-hybridized carbons (Fsp3) is 0.250. The van der Waals surface area contributed by atoms with Crippen LogP contribution >= 0.6 is 11.6 Å². The van der Waals surface area contributed by atoms with Crippen LogP contribution in [-0.4, -0.2) is 20.6 Å². The van der Waals surface area contributed by atoms with Crippen molar-refractivity contribution in [1.82, 2.24) is 14.5 Å². The molecule has 4 nitrogen and oxygen atoms in total. The third kappa shape index (κ3) is 3.06. The Morgan fingerprint density at radius 2 is 2.05 bits per heavy atom. The normalized spacial score (nSPS) is 12.7. The van der Waals surface area contributed by atoms with Gasteiger partial charge in [0, 0.05) is 35.0 Å². The van der Waals surface area contributed by atoms with Gasteiger partial charge in [0.15, 0.2) is 0 Å². The molecule has 1 atom stereocenters. The van der Waals surface area contributed by atoms with Crippen molar-refractivity contribution in [1.29, 1.82) is 0 Å². The predicted molar refractivity (Wildman–Crippen MR) is 85.4 cm³/mol. The van der Waals surface area contributed by atoms with E-state index in [-0.39, 0.29) is 6.04 Å². The monoisotopic (exact) mass is 300 g/mol. The van der Waals surface area contributed by atoms with Gasteiger partial charge in [-0.1, -0.05) is 17.7 Å². The number of hydrogen-bond donors (Lipinski definition) is 1. The van der Waals surface area contributed by atoms with Crippen LogP contribution in [0.3, 0.4) is 0 Å². The quantitative estimate of drug-likeness (QED) is 0.806. The first kappa shape index (κ1) is 14.0. The lowest BCUT2D eigenvalue weighted by molar-refractivity contribution is 0.728. The van der Waals surface area contributed by atoms with Gasteiger partial charge in [-0.2, -0.15) is 0 Å². The molecular formula is C16H17ClN4. The van der Waals surface area contributed by atoms with Gasteiger partial charge in [-0.05, 0) is 37.1 Å². The van der Waals surface area contributed by atoms with Crippen molar-refractivity contribution in [3.63, 3.8) is 0 Å². The van der Waals surface area contributed by atoms with Crippen molar-refractivity contribution < 1.29 is 0 Å². The summed E-state index contributed by atoms with van der Waals surface area (Å²) in [6, 6.07) is 7.88. The summed E-state index contributed by atoms with van der Waals surface area (Å²) in [5, 5.41) is 1.91. The molecule has 1 aromatic carbocycles. The summed E-state index contributed by atoms with van der Waals surface area (Å²) < 4.78 is 2.13. The molecule has 3 aromatic rings. The fourth-order valence-corrected chi connectivity index (χ4v) is 2.71. The maximum atomic E-state index is 6.14. The second-order valence-electron chi connectivity index (χ2n) is 5.29. The molecule has 0 fully saturated rings. The van der Waals surface area contributed by atoms with Gasteiger partial charge in [-0.25, -0.2) is 9.97 Å². The average molecular weight is 301 g/mol. The van der Waals surface area contributed by atoms with Crippen LogP contribution in [0.25, 0.3) is 10.9 Å². The van der Waals surface area contributed by atoms with Crippen molar-refractivity contribution in [3.05, 3.63) is 59.3 Å². The van der Waals surface area contributed by atoms with Gasteiger partial charge in [0.1, 0.15) is 5.82 Å². The maximum Gasteiger partial charge on any atom is 0.147 e. The van der Waals surface area contributed by atoms with E-state index in [0.29, 0.717) is 6.54 Å². The molecule has 1 unspecified atom stereocenters. The molecule has 0 bridgehead atoms. The molecular weight excluding hydrogens is 284 g/mol. The highest BCUT2D eigenvalue weighted by Gasteiger charge is 2.11. The number of hydrogen-bond acceptors (Lipinski definition) is 3. The van der Waals surface area contributed by atoms with Crippen molar-refractivity contribution in [2.24, 2.45) is 5.73 Å². The van der Waals surface area contributed by atoms with Crippen molar-refractivity contribution >= 4 is 22.5 Å². The van der Waals surface area contributed by atoms with Crippen molar-refractivity contribution in [2.45, 2.75) is 25.9 Å². The van der Waals surface area contributed by atoms with Crippen molar-refractivity contribution in [2.75, 3.05) is 0 Å². The van der Waals surface area contributed by atoms with E-state index in [0.717, 1.165) is 22.8 Å². The Kier molecular flexibility index (Phi) is 3.90. The molecule has 0 spiro atoms. The topological polar surface area (TPSA) is 56.7 Å². The molecule has 0 aliphatic carbocycles. The van der Waals surface area contributed by atoms with Crippen LogP contribution < -0.4 is 5.73 Å². The zero-order valence-electron chi connectivity index (χ0n) is 11.8. The number of aromatic nitrogens is 3. The van der Waals surface area contributed by atoms with E-state index >= 15 is 0 Å². The minimum absolute atomic E-state index is 0.118. The summed E-state index contributed by atoms with van der Waals surface area (Å²) in [6.45, 7) is 2.63. The Morgan fingerprint density at radius 3 is 2.76 bits per heavy atom. The lowest BCUT2D eigenvalue weighted by Gasteiger charge is -2.04. The van der Waals surface area contributed by atoms with E-state index in [1.807, 2.05) is 25.1 Å². The number of fused-ring (bicyclic) bond motifs is 1. The Bertz CT molecular complexity index is 750. The summed E-state index contributed by atoms with van der Waals surface area (Å²) >= 11 is 6.14. The number of nitrogens with zero attached hydrogens (tertiary/aromatic N) is 3. The molecule has 2 heterocycles.